The summed E-state index contributed by atoms with van der Waals surface area (Å²) in [7, 11) is 1.39. The number of hydrogen-bond acceptors (Lipinski definition) is 4. The minimum Gasteiger partial charge on any atom is -0.468 e. The second kappa shape index (κ2) is 7.26. The Bertz CT molecular complexity index is 384. The molecule has 1 aromatic rings. The van der Waals surface area contributed by atoms with Crippen molar-refractivity contribution >= 4 is 5.97 Å². The molecule has 0 unspecified atom stereocenters. The Morgan fingerprint density at radius 1 is 1.26 bits per heavy atom. The molecule has 4 nitrogen and oxygen atoms in total. The van der Waals surface area contributed by atoms with E-state index in [1.807, 2.05) is 51.1 Å². The molecule has 0 aliphatic heterocycles. The summed E-state index contributed by atoms with van der Waals surface area (Å²) in [4.78, 5) is 11.7. The van der Waals surface area contributed by atoms with Crippen molar-refractivity contribution in [3.05, 3.63) is 35.9 Å². The van der Waals surface area contributed by atoms with Gasteiger partial charge in [0.1, 0.15) is 6.04 Å². The average molecular weight is 265 g/mol. The molecule has 0 amide bonds. The van der Waals surface area contributed by atoms with Gasteiger partial charge in [0, 0.05) is 6.54 Å². The van der Waals surface area contributed by atoms with Crippen LogP contribution in [0, 0.1) is 0 Å². The van der Waals surface area contributed by atoms with Crippen molar-refractivity contribution in [1.29, 1.82) is 0 Å². The first-order valence-corrected chi connectivity index (χ1v) is 6.41. The van der Waals surface area contributed by atoms with Crippen molar-refractivity contribution in [2.45, 2.75) is 39.0 Å². The average Bonchev–Trinajstić information content (AvgIpc) is 2.38. The number of esters is 1. The number of ether oxygens (including phenoxy) is 2. The highest BCUT2D eigenvalue weighted by molar-refractivity contribution is 5.75. The number of methoxy groups -OCH3 is 1. The smallest absolute Gasteiger partial charge is 0.325 e. The summed E-state index contributed by atoms with van der Waals surface area (Å²) in [5.74, 6) is -0.305. The van der Waals surface area contributed by atoms with E-state index in [4.69, 9.17) is 9.47 Å². The second-order valence-electron chi connectivity index (χ2n) is 5.37. The lowest BCUT2D eigenvalue weighted by Crippen LogP contribution is -2.42. The fourth-order valence-electron chi connectivity index (χ4n) is 1.52. The van der Waals surface area contributed by atoms with E-state index in [-0.39, 0.29) is 11.6 Å². The number of hydrogen-bond donors (Lipinski definition) is 1. The van der Waals surface area contributed by atoms with Gasteiger partial charge in [-0.15, -0.1) is 0 Å². The van der Waals surface area contributed by atoms with Gasteiger partial charge in [-0.1, -0.05) is 30.3 Å². The van der Waals surface area contributed by atoms with Crippen molar-refractivity contribution in [3.8, 4) is 0 Å². The number of nitrogens with one attached hydrogen (secondary N) is 1. The van der Waals surface area contributed by atoms with E-state index in [0.717, 1.165) is 5.56 Å². The molecule has 0 radical (unpaired) electrons. The highest BCUT2D eigenvalue weighted by Gasteiger charge is 2.22. The van der Waals surface area contributed by atoms with Gasteiger partial charge in [0.05, 0.1) is 19.3 Å². The molecule has 1 atom stereocenters. The Morgan fingerprint density at radius 2 is 1.89 bits per heavy atom. The van der Waals surface area contributed by atoms with Gasteiger partial charge in [-0.05, 0) is 26.3 Å². The van der Waals surface area contributed by atoms with Crippen LogP contribution in [-0.4, -0.2) is 31.3 Å². The molecule has 0 fully saturated rings. The molecule has 0 spiro atoms. The first-order valence-electron chi connectivity index (χ1n) is 6.41. The van der Waals surface area contributed by atoms with Gasteiger partial charge in [-0.3, -0.25) is 10.1 Å². The van der Waals surface area contributed by atoms with Crippen LogP contribution in [0.1, 0.15) is 26.3 Å². The van der Waals surface area contributed by atoms with Gasteiger partial charge >= 0.3 is 5.97 Å². The normalized spacial score (nSPS) is 13.1. The quantitative estimate of drug-likeness (QED) is 0.801. The van der Waals surface area contributed by atoms with E-state index in [1.165, 1.54) is 7.11 Å². The van der Waals surface area contributed by atoms with Crippen LogP contribution in [0.15, 0.2) is 30.3 Å². The number of rotatable bonds is 6. The van der Waals surface area contributed by atoms with Gasteiger partial charge in [0.25, 0.3) is 0 Å². The summed E-state index contributed by atoms with van der Waals surface area (Å²) in [6.45, 7) is 6.77. The number of carbonyl (C=O) groups excluding carboxylic acids is 1. The second-order valence-corrected chi connectivity index (χ2v) is 5.37. The Labute approximate surface area is 115 Å². The maximum absolute atomic E-state index is 11.7. The Balaban J connectivity index is 2.53. The van der Waals surface area contributed by atoms with Gasteiger partial charge in [0.15, 0.2) is 0 Å². The maximum atomic E-state index is 11.7. The van der Waals surface area contributed by atoms with Crippen molar-refractivity contribution in [1.82, 2.24) is 5.32 Å². The predicted octanol–water partition coefficient (Wildman–Crippen LogP) is 2.13. The zero-order valence-corrected chi connectivity index (χ0v) is 12.1. The molecular weight excluding hydrogens is 242 g/mol. The fraction of sp³-hybridized carbons (Fsp3) is 0.533. The fourth-order valence-corrected chi connectivity index (χ4v) is 1.52. The zero-order chi connectivity index (χ0) is 14.3. The van der Waals surface area contributed by atoms with Crippen molar-refractivity contribution in [2.75, 3.05) is 13.7 Å². The van der Waals surface area contributed by atoms with Gasteiger partial charge < -0.3 is 9.47 Å². The van der Waals surface area contributed by atoms with Crippen LogP contribution in [0.4, 0.5) is 0 Å². The molecule has 0 aliphatic rings. The van der Waals surface area contributed by atoms with E-state index in [0.29, 0.717) is 13.2 Å². The highest BCUT2D eigenvalue weighted by Crippen LogP contribution is 2.08. The molecule has 19 heavy (non-hydrogen) atoms. The maximum Gasteiger partial charge on any atom is 0.325 e. The summed E-state index contributed by atoms with van der Waals surface area (Å²) in [6, 6.07) is 9.46. The standard InChI is InChI=1S/C15H23NO3/c1-15(2,3)19-11-13(14(17)18-4)16-10-12-8-6-5-7-9-12/h5-9,13,16H,10-11H2,1-4H3/t13-/m1/s1. The van der Waals surface area contributed by atoms with Crippen molar-refractivity contribution in [2.24, 2.45) is 0 Å². The molecule has 4 heteroatoms. The lowest BCUT2D eigenvalue weighted by atomic mass is 10.2. The summed E-state index contributed by atoms with van der Waals surface area (Å²) < 4.78 is 10.4. The van der Waals surface area contributed by atoms with E-state index < -0.39 is 6.04 Å². The molecule has 1 rings (SSSR count). The third-order valence-electron chi connectivity index (χ3n) is 2.56. The zero-order valence-electron chi connectivity index (χ0n) is 12.1. The van der Waals surface area contributed by atoms with E-state index in [1.54, 1.807) is 0 Å². The summed E-state index contributed by atoms with van der Waals surface area (Å²) in [5, 5.41) is 3.16. The lowest BCUT2D eigenvalue weighted by molar-refractivity contribution is -0.146. The molecule has 1 N–H and O–H groups in total. The molecule has 0 aliphatic carbocycles. The van der Waals surface area contributed by atoms with Crippen LogP contribution in [0.25, 0.3) is 0 Å². The summed E-state index contributed by atoms with van der Waals surface area (Å²) >= 11 is 0. The highest BCUT2D eigenvalue weighted by atomic mass is 16.5. The van der Waals surface area contributed by atoms with Crippen molar-refractivity contribution < 1.29 is 14.3 Å². The Morgan fingerprint density at radius 3 is 2.42 bits per heavy atom. The van der Waals surface area contributed by atoms with Gasteiger partial charge in [-0.2, -0.15) is 0 Å². The molecule has 0 saturated carbocycles. The largest absolute Gasteiger partial charge is 0.468 e. The molecule has 0 aromatic heterocycles. The third kappa shape index (κ3) is 6.36. The van der Waals surface area contributed by atoms with E-state index in [2.05, 4.69) is 5.32 Å². The molecule has 0 heterocycles. The molecular formula is C15H23NO3. The van der Waals surface area contributed by atoms with Crippen LogP contribution in [0.5, 0.6) is 0 Å². The topological polar surface area (TPSA) is 47.6 Å². The van der Waals surface area contributed by atoms with Crippen LogP contribution < -0.4 is 5.32 Å². The van der Waals surface area contributed by atoms with Crippen LogP contribution >= 0.6 is 0 Å². The molecule has 1 aromatic carbocycles. The Kier molecular flexibility index (Phi) is 5.99. The summed E-state index contributed by atoms with van der Waals surface area (Å²) in [6.07, 6.45) is 0. The van der Waals surface area contributed by atoms with Crippen LogP contribution in [0.3, 0.4) is 0 Å². The molecule has 0 bridgehead atoms. The van der Waals surface area contributed by atoms with E-state index in [9.17, 15) is 4.79 Å². The lowest BCUT2D eigenvalue weighted by Gasteiger charge is -2.24. The number of carbonyl (C=O) groups is 1. The predicted molar refractivity (Wildman–Crippen MR) is 74.8 cm³/mol. The van der Waals surface area contributed by atoms with Gasteiger partial charge in [0.2, 0.25) is 0 Å². The molecule has 106 valence electrons. The minimum atomic E-state index is -0.454. The first kappa shape index (κ1) is 15.7. The summed E-state index contributed by atoms with van der Waals surface area (Å²) in [5.41, 5.74) is 0.841. The SMILES string of the molecule is COC(=O)[C@@H](COC(C)(C)C)NCc1ccccc1. The Hall–Kier alpha value is -1.39. The minimum absolute atomic E-state index is 0.277. The monoisotopic (exact) mass is 265 g/mol. The van der Waals surface area contributed by atoms with Crippen LogP contribution in [-0.2, 0) is 20.8 Å². The van der Waals surface area contributed by atoms with Gasteiger partial charge in [-0.25, -0.2) is 0 Å². The van der Waals surface area contributed by atoms with Crippen LogP contribution in [0.2, 0.25) is 0 Å². The number of benzene rings is 1. The molecule has 0 saturated heterocycles. The van der Waals surface area contributed by atoms with Crippen molar-refractivity contribution in [3.63, 3.8) is 0 Å². The first-order chi connectivity index (χ1) is 8.92. The third-order valence-corrected chi connectivity index (χ3v) is 2.56. The van der Waals surface area contributed by atoms with E-state index >= 15 is 0 Å².